The van der Waals surface area contributed by atoms with Gasteiger partial charge in [0, 0.05) is 4.70 Å². The second kappa shape index (κ2) is 5.64. The molecule has 2 rings (SSSR count). The predicted molar refractivity (Wildman–Crippen MR) is 72.1 cm³/mol. The first-order valence-electron chi connectivity index (χ1n) is 5.59. The summed E-state index contributed by atoms with van der Waals surface area (Å²) in [4.78, 5) is 11.2. The highest BCUT2D eigenvalue weighted by atomic mass is 32.1. The van der Waals surface area contributed by atoms with E-state index in [1.807, 2.05) is 31.2 Å². The SMILES string of the molecule is CCOC(=O)CC=Cc1csc2ccccc12. The number of benzene rings is 1. The number of hydrogen-bond acceptors (Lipinski definition) is 3. The molecule has 88 valence electrons. The van der Waals surface area contributed by atoms with Crippen LogP contribution in [-0.4, -0.2) is 12.6 Å². The van der Waals surface area contributed by atoms with Gasteiger partial charge < -0.3 is 4.74 Å². The third-order valence-electron chi connectivity index (χ3n) is 2.40. The minimum atomic E-state index is -0.178. The molecule has 0 saturated carbocycles. The van der Waals surface area contributed by atoms with Crippen molar-refractivity contribution in [1.82, 2.24) is 0 Å². The number of rotatable bonds is 4. The number of thiophene rings is 1. The van der Waals surface area contributed by atoms with Crippen molar-refractivity contribution >= 4 is 33.5 Å². The average molecular weight is 246 g/mol. The van der Waals surface area contributed by atoms with E-state index in [0.29, 0.717) is 13.0 Å². The van der Waals surface area contributed by atoms with Gasteiger partial charge in [-0.05, 0) is 29.3 Å². The molecule has 0 fully saturated rings. The summed E-state index contributed by atoms with van der Waals surface area (Å²) in [6.07, 6.45) is 4.17. The Morgan fingerprint density at radius 2 is 2.24 bits per heavy atom. The van der Waals surface area contributed by atoms with Crippen LogP contribution in [0.5, 0.6) is 0 Å². The van der Waals surface area contributed by atoms with Crippen molar-refractivity contribution in [3.63, 3.8) is 0 Å². The Bertz CT molecular complexity index is 540. The third-order valence-corrected chi connectivity index (χ3v) is 3.38. The van der Waals surface area contributed by atoms with Gasteiger partial charge in [0.05, 0.1) is 13.0 Å². The quantitative estimate of drug-likeness (QED) is 0.765. The lowest BCUT2D eigenvalue weighted by Gasteiger charge is -1.96. The van der Waals surface area contributed by atoms with E-state index in [1.54, 1.807) is 11.3 Å². The van der Waals surface area contributed by atoms with Crippen molar-refractivity contribution in [2.45, 2.75) is 13.3 Å². The van der Waals surface area contributed by atoms with Crippen molar-refractivity contribution in [3.8, 4) is 0 Å². The Balaban J connectivity index is 2.08. The van der Waals surface area contributed by atoms with Gasteiger partial charge in [-0.3, -0.25) is 4.79 Å². The molecule has 0 amide bonds. The summed E-state index contributed by atoms with van der Waals surface area (Å²) in [6, 6.07) is 8.25. The Labute approximate surface area is 105 Å². The number of carbonyl (C=O) groups is 1. The summed E-state index contributed by atoms with van der Waals surface area (Å²) < 4.78 is 6.13. The van der Waals surface area contributed by atoms with Gasteiger partial charge in [0.2, 0.25) is 0 Å². The predicted octanol–water partition coefficient (Wildman–Crippen LogP) is 3.87. The number of carbonyl (C=O) groups excluding carboxylic acids is 1. The summed E-state index contributed by atoms with van der Waals surface area (Å²) in [5.41, 5.74) is 1.16. The maximum Gasteiger partial charge on any atom is 0.309 e. The van der Waals surface area contributed by atoms with Gasteiger partial charge in [0.25, 0.3) is 0 Å². The summed E-state index contributed by atoms with van der Waals surface area (Å²) in [7, 11) is 0. The van der Waals surface area contributed by atoms with Crippen LogP contribution < -0.4 is 0 Å². The van der Waals surface area contributed by atoms with Crippen LogP contribution in [0.25, 0.3) is 16.2 Å². The second-order valence-electron chi connectivity index (χ2n) is 3.60. The summed E-state index contributed by atoms with van der Waals surface area (Å²) in [6.45, 7) is 2.25. The van der Waals surface area contributed by atoms with Gasteiger partial charge in [-0.2, -0.15) is 0 Å². The van der Waals surface area contributed by atoms with E-state index in [2.05, 4.69) is 17.5 Å². The van der Waals surface area contributed by atoms with Gasteiger partial charge in [0.1, 0.15) is 0 Å². The zero-order valence-corrected chi connectivity index (χ0v) is 10.5. The van der Waals surface area contributed by atoms with Crippen LogP contribution in [0, 0.1) is 0 Å². The molecular formula is C14H14O2S. The maximum atomic E-state index is 11.2. The van der Waals surface area contributed by atoms with Crippen molar-refractivity contribution < 1.29 is 9.53 Å². The van der Waals surface area contributed by atoms with E-state index in [9.17, 15) is 4.79 Å². The zero-order chi connectivity index (χ0) is 12.1. The van der Waals surface area contributed by atoms with Gasteiger partial charge in [-0.1, -0.05) is 30.4 Å². The first-order chi connectivity index (χ1) is 8.31. The Morgan fingerprint density at radius 1 is 1.41 bits per heavy atom. The molecule has 1 heterocycles. The highest BCUT2D eigenvalue weighted by molar-refractivity contribution is 7.17. The molecule has 2 aromatic rings. The minimum Gasteiger partial charge on any atom is -0.466 e. The molecule has 0 atom stereocenters. The average Bonchev–Trinajstić information content (AvgIpc) is 2.73. The molecule has 0 bridgehead atoms. The van der Waals surface area contributed by atoms with E-state index >= 15 is 0 Å². The second-order valence-corrected chi connectivity index (χ2v) is 4.51. The fourth-order valence-corrected chi connectivity index (χ4v) is 2.56. The van der Waals surface area contributed by atoms with Crippen molar-refractivity contribution in [2.24, 2.45) is 0 Å². The molecule has 0 N–H and O–H groups in total. The van der Waals surface area contributed by atoms with Gasteiger partial charge in [0.15, 0.2) is 0 Å². The molecule has 1 aromatic heterocycles. The lowest BCUT2D eigenvalue weighted by Crippen LogP contribution is -2.01. The largest absolute Gasteiger partial charge is 0.466 e. The lowest BCUT2D eigenvalue weighted by molar-refractivity contribution is -0.142. The van der Waals surface area contributed by atoms with Crippen LogP contribution in [0.4, 0.5) is 0 Å². The minimum absolute atomic E-state index is 0.178. The maximum absolute atomic E-state index is 11.2. The summed E-state index contributed by atoms with van der Waals surface area (Å²) in [5, 5.41) is 3.34. The lowest BCUT2D eigenvalue weighted by atomic mass is 10.1. The number of ether oxygens (including phenoxy) is 1. The van der Waals surface area contributed by atoms with Crippen molar-refractivity contribution in [1.29, 1.82) is 0 Å². The van der Waals surface area contributed by atoms with Crippen LogP contribution in [0.2, 0.25) is 0 Å². The molecular weight excluding hydrogens is 232 g/mol. The Hall–Kier alpha value is -1.61. The third kappa shape index (κ3) is 2.94. The van der Waals surface area contributed by atoms with E-state index in [1.165, 1.54) is 10.1 Å². The normalized spacial score (nSPS) is 11.1. The van der Waals surface area contributed by atoms with Gasteiger partial charge in [-0.15, -0.1) is 11.3 Å². The summed E-state index contributed by atoms with van der Waals surface area (Å²) in [5.74, 6) is -0.178. The summed E-state index contributed by atoms with van der Waals surface area (Å²) >= 11 is 1.72. The van der Waals surface area contributed by atoms with Gasteiger partial charge >= 0.3 is 5.97 Å². The zero-order valence-electron chi connectivity index (χ0n) is 9.68. The van der Waals surface area contributed by atoms with Crippen molar-refractivity contribution in [3.05, 3.63) is 41.3 Å². The van der Waals surface area contributed by atoms with Crippen LogP contribution >= 0.6 is 11.3 Å². The fraction of sp³-hybridized carbons (Fsp3) is 0.214. The van der Waals surface area contributed by atoms with Crippen LogP contribution in [-0.2, 0) is 9.53 Å². The van der Waals surface area contributed by atoms with E-state index in [-0.39, 0.29) is 5.97 Å². The highest BCUT2D eigenvalue weighted by Crippen LogP contribution is 2.26. The smallest absolute Gasteiger partial charge is 0.309 e. The molecule has 0 aliphatic heterocycles. The molecule has 0 saturated heterocycles. The van der Waals surface area contributed by atoms with Crippen LogP contribution in [0.1, 0.15) is 18.9 Å². The molecule has 0 unspecified atom stereocenters. The number of esters is 1. The molecule has 17 heavy (non-hydrogen) atoms. The molecule has 0 spiro atoms. The number of hydrogen-bond donors (Lipinski definition) is 0. The molecule has 0 aliphatic carbocycles. The van der Waals surface area contributed by atoms with Crippen LogP contribution in [0.15, 0.2) is 35.7 Å². The fourth-order valence-electron chi connectivity index (χ4n) is 1.63. The van der Waals surface area contributed by atoms with Crippen LogP contribution in [0.3, 0.4) is 0 Å². The molecule has 0 radical (unpaired) electrons. The first-order valence-corrected chi connectivity index (χ1v) is 6.47. The van der Waals surface area contributed by atoms with Crippen molar-refractivity contribution in [2.75, 3.05) is 6.61 Å². The molecule has 0 aliphatic rings. The molecule has 2 nitrogen and oxygen atoms in total. The Morgan fingerprint density at radius 3 is 3.06 bits per heavy atom. The first kappa shape index (κ1) is 11.9. The van der Waals surface area contributed by atoms with E-state index in [0.717, 1.165) is 5.56 Å². The van der Waals surface area contributed by atoms with Gasteiger partial charge in [-0.25, -0.2) is 0 Å². The molecule has 1 aromatic carbocycles. The Kier molecular flexibility index (Phi) is 3.94. The van der Waals surface area contributed by atoms with E-state index < -0.39 is 0 Å². The number of fused-ring (bicyclic) bond motifs is 1. The highest BCUT2D eigenvalue weighted by Gasteiger charge is 2.00. The van der Waals surface area contributed by atoms with E-state index in [4.69, 9.17) is 4.74 Å². The molecule has 3 heteroatoms. The standard InChI is InChI=1S/C14H14O2S/c1-2-16-14(15)9-5-6-11-10-17-13-8-4-3-7-12(11)13/h3-8,10H,2,9H2,1H3. The topological polar surface area (TPSA) is 26.3 Å². The monoisotopic (exact) mass is 246 g/mol.